The van der Waals surface area contributed by atoms with Gasteiger partial charge in [0.15, 0.2) is 0 Å². The highest BCUT2D eigenvalue weighted by Crippen LogP contribution is 2.11. The first-order chi connectivity index (χ1) is 3.84. The molecule has 0 radical (unpaired) electrons. The highest BCUT2D eigenvalue weighted by Gasteiger charge is 1.97. The first kappa shape index (κ1) is 5.72. The lowest BCUT2D eigenvalue weighted by atomic mass is 10.4. The highest BCUT2D eigenvalue weighted by atomic mass is 32.1. The van der Waals surface area contributed by atoms with Crippen molar-refractivity contribution >= 4 is 11.3 Å². The minimum atomic E-state index is -0.308. The second-order valence-electron chi connectivity index (χ2n) is 1.40. The lowest BCUT2D eigenvalue weighted by molar-refractivity contribution is 0.276. The van der Waals surface area contributed by atoms with Gasteiger partial charge in [0.1, 0.15) is 5.82 Å². The fourth-order valence-electron chi connectivity index (χ4n) is 0.421. The summed E-state index contributed by atoms with van der Waals surface area (Å²) in [5.41, 5.74) is 0.384. The van der Waals surface area contributed by atoms with E-state index in [0.717, 1.165) is 0 Å². The van der Waals surface area contributed by atoms with Crippen molar-refractivity contribution in [3.63, 3.8) is 0 Å². The van der Waals surface area contributed by atoms with E-state index in [9.17, 15) is 4.39 Å². The predicted octanol–water partition coefficient (Wildman–Crippen LogP) is 1.38. The molecule has 3 heteroatoms. The van der Waals surface area contributed by atoms with Gasteiger partial charge in [-0.2, -0.15) is 0 Å². The van der Waals surface area contributed by atoms with Crippen LogP contribution in [0.2, 0.25) is 0 Å². The van der Waals surface area contributed by atoms with E-state index in [1.165, 1.54) is 16.7 Å². The van der Waals surface area contributed by atoms with Crippen LogP contribution in [-0.2, 0) is 6.61 Å². The van der Waals surface area contributed by atoms with Crippen molar-refractivity contribution < 1.29 is 9.50 Å². The Labute approximate surface area is 50.4 Å². The van der Waals surface area contributed by atoms with E-state index in [1.807, 2.05) is 0 Å². The SMILES string of the molecule is OCc1cscc1F. The number of hydrogen-bond donors (Lipinski definition) is 1. The van der Waals surface area contributed by atoms with Gasteiger partial charge in [0.05, 0.1) is 6.61 Å². The number of rotatable bonds is 1. The van der Waals surface area contributed by atoms with Gasteiger partial charge in [0, 0.05) is 10.9 Å². The number of hydrogen-bond acceptors (Lipinski definition) is 2. The Morgan fingerprint density at radius 2 is 2.38 bits per heavy atom. The third-order valence-electron chi connectivity index (χ3n) is 0.859. The van der Waals surface area contributed by atoms with E-state index in [4.69, 9.17) is 5.11 Å². The predicted molar refractivity (Wildman–Crippen MR) is 30.2 cm³/mol. The molecule has 1 N–H and O–H groups in total. The summed E-state index contributed by atoms with van der Waals surface area (Å²) in [5.74, 6) is -0.308. The summed E-state index contributed by atoms with van der Waals surface area (Å²) in [6, 6.07) is 0. The van der Waals surface area contributed by atoms with Crippen LogP contribution in [-0.4, -0.2) is 5.11 Å². The second kappa shape index (κ2) is 2.24. The van der Waals surface area contributed by atoms with Crippen LogP contribution in [0.5, 0.6) is 0 Å². The van der Waals surface area contributed by atoms with Crippen LogP contribution < -0.4 is 0 Å². The van der Waals surface area contributed by atoms with Crippen LogP contribution in [0, 0.1) is 5.82 Å². The zero-order chi connectivity index (χ0) is 5.98. The summed E-state index contributed by atoms with van der Waals surface area (Å²) in [6.07, 6.45) is 0. The standard InChI is InChI=1S/C5H5FOS/c6-5-3-8-2-4(5)1-7/h2-3,7H,1H2. The van der Waals surface area contributed by atoms with Gasteiger partial charge in [0.2, 0.25) is 0 Å². The second-order valence-corrected chi connectivity index (χ2v) is 2.15. The van der Waals surface area contributed by atoms with Gasteiger partial charge < -0.3 is 5.11 Å². The largest absolute Gasteiger partial charge is 0.392 e. The van der Waals surface area contributed by atoms with Gasteiger partial charge in [0.25, 0.3) is 0 Å². The summed E-state index contributed by atoms with van der Waals surface area (Å²) in [4.78, 5) is 0. The topological polar surface area (TPSA) is 20.2 Å². The van der Waals surface area contributed by atoms with Crippen molar-refractivity contribution in [2.24, 2.45) is 0 Å². The Balaban J connectivity index is 2.92. The van der Waals surface area contributed by atoms with Crippen molar-refractivity contribution in [2.45, 2.75) is 6.61 Å². The average molecular weight is 132 g/mol. The van der Waals surface area contributed by atoms with Crippen LogP contribution in [0.4, 0.5) is 4.39 Å². The Bertz CT molecular complexity index is 173. The molecule has 0 fully saturated rings. The van der Waals surface area contributed by atoms with Crippen molar-refractivity contribution in [3.05, 3.63) is 22.1 Å². The van der Waals surface area contributed by atoms with E-state index in [0.29, 0.717) is 5.56 Å². The molecule has 0 saturated carbocycles. The Hall–Kier alpha value is -0.410. The van der Waals surface area contributed by atoms with E-state index >= 15 is 0 Å². The molecule has 44 valence electrons. The Morgan fingerprint density at radius 1 is 1.62 bits per heavy atom. The summed E-state index contributed by atoms with van der Waals surface area (Å²) in [5, 5.41) is 11.3. The minimum Gasteiger partial charge on any atom is -0.392 e. The quantitative estimate of drug-likeness (QED) is 0.612. The molecule has 1 aromatic rings. The molecular weight excluding hydrogens is 127 g/mol. The molecular formula is C5H5FOS. The molecule has 1 nitrogen and oxygen atoms in total. The van der Waals surface area contributed by atoms with Gasteiger partial charge in [-0.05, 0) is 5.38 Å². The Morgan fingerprint density at radius 3 is 2.62 bits per heavy atom. The summed E-state index contributed by atoms with van der Waals surface area (Å²) in [6.45, 7) is -0.199. The Kier molecular flexibility index (Phi) is 1.60. The summed E-state index contributed by atoms with van der Waals surface area (Å²) >= 11 is 1.26. The number of thiophene rings is 1. The molecule has 0 aliphatic heterocycles. The van der Waals surface area contributed by atoms with E-state index in [-0.39, 0.29) is 12.4 Å². The van der Waals surface area contributed by atoms with Crippen molar-refractivity contribution in [1.29, 1.82) is 0 Å². The van der Waals surface area contributed by atoms with Gasteiger partial charge in [-0.1, -0.05) is 0 Å². The lowest BCUT2D eigenvalue weighted by Crippen LogP contribution is -1.80. The molecule has 0 aromatic carbocycles. The number of halogens is 1. The van der Waals surface area contributed by atoms with Crippen LogP contribution in [0.15, 0.2) is 10.8 Å². The molecule has 8 heavy (non-hydrogen) atoms. The van der Waals surface area contributed by atoms with Crippen LogP contribution in [0.3, 0.4) is 0 Å². The molecule has 1 rings (SSSR count). The summed E-state index contributed by atoms with van der Waals surface area (Å²) in [7, 11) is 0. The summed E-state index contributed by atoms with van der Waals surface area (Å²) < 4.78 is 12.2. The van der Waals surface area contributed by atoms with Crippen molar-refractivity contribution in [3.8, 4) is 0 Å². The highest BCUT2D eigenvalue weighted by molar-refractivity contribution is 7.08. The maximum absolute atomic E-state index is 12.2. The molecule has 0 spiro atoms. The number of aliphatic hydroxyl groups excluding tert-OH is 1. The van der Waals surface area contributed by atoms with Gasteiger partial charge >= 0.3 is 0 Å². The van der Waals surface area contributed by atoms with Gasteiger partial charge in [-0.15, -0.1) is 11.3 Å². The molecule has 0 aliphatic carbocycles. The van der Waals surface area contributed by atoms with Gasteiger partial charge in [-0.3, -0.25) is 0 Å². The molecule has 0 atom stereocenters. The molecule has 1 heterocycles. The average Bonchev–Trinajstić information content (AvgIpc) is 2.14. The van der Waals surface area contributed by atoms with Crippen LogP contribution in [0.1, 0.15) is 5.56 Å². The maximum atomic E-state index is 12.2. The third kappa shape index (κ3) is 0.877. The van der Waals surface area contributed by atoms with Crippen molar-refractivity contribution in [2.75, 3.05) is 0 Å². The smallest absolute Gasteiger partial charge is 0.139 e. The first-order valence-corrected chi connectivity index (χ1v) is 3.10. The molecule has 0 unspecified atom stereocenters. The van der Waals surface area contributed by atoms with E-state index < -0.39 is 0 Å². The van der Waals surface area contributed by atoms with Crippen LogP contribution in [0.25, 0.3) is 0 Å². The molecule has 0 amide bonds. The van der Waals surface area contributed by atoms with E-state index in [1.54, 1.807) is 5.38 Å². The monoisotopic (exact) mass is 132 g/mol. The molecule has 0 aliphatic rings. The zero-order valence-corrected chi connectivity index (χ0v) is 4.91. The zero-order valence-electron chi connectivity index (χ0n) is 4.10. The molecule has 0 bridgehead atoms. The molecule has 0 saturated heterocycles. The maximum Gasteiger partial charge on any atom is 0.139 e. The molecule has 1 aromatic heterocycles. The van der Waals surface area contributed by atoms with Crippen LogP contribution >= 0.6 is 11.3 Å². The lowest BCUT2D eigenvalue weighted by Gasteiger charge is -1.83. The number of aliphatic hydroxyl groups is 1. The normalized spacial score (nSPS) is 9.75. The third-order valence-corrected chi connectivity index (χ3v) is 1.62. The fourth-order valence-corrected chi connectivity index (χ4v) is 1.11. The van der Waals surface area contributed by atoms with E-state index in [2.05, 4.69) is 0 Å². The first-order valence-electron chi connectivity index (χ1n) is 2.16. The minimum absolute atomic E-state index is 0.199. The van der Waals surface area contributed by atoms with Crippen molar-refractivity contribution in [1.82, 2.24) is 0 Å². The fraction of sp³-hybridized carbons (Fsp3) is 0.200. The van der Waals surface area contributed by atoms with Gasteiger partial charge in [-0.25, -0.2) is 4.39 Å².